The first kappa shape index (κ1) is 47.5. The van der Waals surface area contributed by atoms with Crippen molar-refractivity contribution in [3.8, 4) is 0 Å². The Labute approximate surface area is 381 Å². The van der Waals surface area contributed by atoms with Crippen LogP contribution >= 0.6 is 11.8 Å². The summed E-state index contributed by atoms with van der Waals surface area (Å²) in [5.74, 6) is -2.59. The minimum absolute atomic E-state index is 0.0168. The fraction of sp³-hybridized carbons (Fsp3) is 0.408. The molecule has 10 atom stereocenters. The predicted molar refractivity (Wildman–Crippen MR) is 235 cm³/mol. The molecule has 7 rings (SSSR count). The summed E-state index contributed by atoms with van der Waals surface area (Å²) in [4.78, 5) is 68.0. The highest BCUT2D eigenvalue weighted by atomic mass is 32.2. The Balaban J connectivity index is 1.33. The van der Waals surface area contributed by atoms with Gasteiger partial charge in [-0.2, -0.15) is 0 Å². The number of thioether (sulfide) groups is 1. The van der Waals surface area contributed by atoms with Gasteiger partial charge in [0.2, 0.25) is 0 Å². The van der Waals surface area contributed by atoms with Gasteiger partial charge in [0, 0.05) is 20.8 Å². The number of carbonyl (C=O) groups excluding carboxylic acids is 5. The largest absolute Gasteiger partial charge is 0.463 e. The molecule has 2 fully saturated rings. The number of esters is 3. The average Bonchev–Trinajstić information content (AvgIpc) is 3.55. The molecule has 0 aromatic heterocycles. The molecule has 16 heteroatoms. The van der Waals surface area contributed by atoms with E-state index in [9.17, 15) is 24.0 Å². The number of hydrogen-bond donors (Lipinski definition) is 0. The van der Waals surface area contributed by atoms with E-state index in [2.05, 4.69) is 0 Å². The van der Waals surface area contributed by atoms with Gasteiger partial charge in [-0.3, -0.25) is 28.9 Å². The van der Waals surface area contributed by atoms with E-state index in [1.165, 1.54) is 37.4 Å². The number of rotatable bonds is 19. The van der Waals surface area contributed by atoms with Crippen LogP contribution in [0, 0.1) is 0 Å². The second kappa shape index (κ2) is 22.6. The molecule has 4 aromatic carbocycles. The van der Waals surface area contributed by atoms with Crippen molar-refractivity contribution in [2.24, 2.45) is 0 Å². The van der Waals surface area contributed by atoms with Crippen molar-refractivity contribution in [3.63, 3.8) is 0 Å². The van der Waals surface area contributed by atoms with Crippen LogP contribution in [0.3, 0.4) is 0 Å². The van der Waals surface area contributed by atoms with Gasteiger partial charge in [0.25, 0.3) is 11.8 Å². The molecule has 4 aromatic rings. The van der Waals surface area contributed by atoms with E-state index >= 15 is 0 Å². The first-order chi connectivity index (χ1) is 31.5. The number of carbonyl (C=O) groups is 5. The van der Waals surface area contributed by atoms with Gasteiger partial charge >= 0.3 is 17.9 Å². The van der Waals surface area contributed by atoms with Gasteiger partial charge in [-0.05, 0) is 34.6 Å². The quantitative estimate of drug-likeness (QED) is 0.0604. The normalized spacial score (nSPS) is 26.3. The lowest BCUT2D eigenvalue weighted by Gasteiger charge is -2.51. The summed E-state index contributed by atoms with van der Waals surface area (Å²) in [5.41, 5.74) is 2.08. The Kier molecular flexibility index (Phi) is 16.5. The Morgan fingerprint density at radius 1 is 0.569 bits per heavy atom. The van der Waals surface area contributed by atoms with E-state index in [-0.39, 0.29) is 37.6 Å². The molecule has 2 saturated heterocycles. The lowest BCUT2D eigenvalue weighted by molar-refractivity contribution is -0.344. The molecule has 0 saturated carbocycles. The van der Waals surface area contributed by atoms with Crippen molar-refractivity contribution < 1.29 is 66.6 Å². The van der Waals surface area contributed by atoms with Crippen LogP contribution in [0.1, 0.15) is 65.1 Å². The van der Waals surface area contributed by atoms with Gasteiger partial charge in [0.15, 0.2) is 18.5 Å². The molecule has 15 nitrogen and oxygen atoms in total. The van der Waals surface area contributed by atoms with E-state index in [0.29, 0.717) is 5.75 Å². The van der Waals surface area contributed by atoms with Crippen molar-refractivity contribution in [1.29, 1.82) is 0 Å². The average molecular weight is 912 g/mol. The first-order valence-electron chi connectivity index (χ1n) is 21.5. The molecule has 0 unspecified atom stereocenters. The molecule has 0 radical (unpaired) electrons. The van der Waals surface area contributed by atoms with Crippen molar-refractivity contribution in [2.45, 2.75) is 108 Å². The Bertz CT molecular complexity index is 2200. The molecule has 2 amide bonds. The summed E-state index contributed by atoms with van der Waals surface area (Å²) in [5, 5.41) is 0. The van der Waals surface area contributed by atoms with Crippen LogP contribution in [-0.2, 0) is 76.8 Å². The molecule has 3 heterocycles. The van der Waals surface area contributed by atoms with Gasteiger partial charge in [-0.1, -0.05) is 110 Å². The molecule has 0 aliphatic carbocycles. The Morgan fingerprint density at radius 2 is 1.06 bits per heavy atom. The molecular formula is C49H53NO14S. The number of nitrogens with zero attached hydrogens (tertiary/aromatic N) is 1. The van der Waals surface area contributed by atoms with E-state index < -0.39 is 96.8 Å². The highest BCUT2D eigenvalue weighted by Gasteiger charge is 2.58. The summed E-state index contributed by atoms with van der Waals surface area (Å²) in [6.07, 6.45) is -10.0. The second-order valence-electron chi connectivity index (χ2n) is 15.6. The molecule has 3 aliphatic heterocycles. The lowest BCUT2D eigenvalue weighted by atomic mass is 9.94. The standard InChI is InChI=1S/C49H53NO14S/c1-5-65-49-40(50-46(54)36-23-15-16-24-37(36)47(50)55)43(58-26-34-19-11-7-12-20-34)41(38(63-49)28-56-25-33-17-9-6-10-18-33)64-48-45(61-32(4)53)44(59-27-35-21-13-8-14-22-35)42(60-31(3)52)39(62-48)29-57-30(2)51/h6-24,38-45,48-49H,5,25-29H2,1-4H3/t38-,39-,40+,41-,42-,43-,44+,45-,48+,49+/m1/s1. The highest BCUT2D eigenvalue weighted by Crippen LogP contribution is 2.41. The van der Waals surface area contributed by atoms with Crippen LogP contribution in [0.15, 0.2) is 115 Å². The Morgan fingerprint density at radius 3 is 1.58 bits per heavy atom. The predicted octanol–water partition coefficient (Wildman–Crippen LogP) is 6.05. The third-order valence-corrected chi connectivity index (χ3v) is 12.0. The van der Waals surface area contributed by atoms with Crippen molar-refractivity contribution in [1.82, 2.24) is 4.90 Å². The first-order valence-corrected chi connectivity index (χ1v) is 22.5. The maximum absolute atomic E-state index is 14.4. The van der Waals surface area contributed by atoms with Crippen molar-refractivity contribution in [3.05, 3.63) is 143 Å². The number of benzene rings is 4. The maximum Gasteiger partial charge on any atom is 0.303 e. The smallest absolute Gasteiger partial charge is 0.303 e. The molecule has 344 valence electrons. The minimum Gasteiger partial charge on any atom is -0.463 e. The number of fused-ring (bicyclic) bond motifs is 1. The maximum atomic E-state index is 14.4. The SMILES string of the molecule is CCS[C@@H]1O[C@H](COCc2ccccc2)[C@@H](O[C@@H]2O[C@H](COC(C)=O)[C@@H](OC(C)=O)[C@H](OCc3ccccc3)[C@H]2OC(C)=O)[C@H](OCc2ccccc2)[C@@H]1N1C(=O)c2ccccc2C1=O. The van der Waals surface area contributed by atoms with Crippen LogP contribution in [0.25, 0.3) is 0 Å². The topological polar surface area (TPSA) is 172 Å². The van der Waals surface area contributed by atoms with Crippen LogP contribution < -0.4 is 0 Å². The minimum atomic E-state index is -1.54. The third kappa shape index (κ3) is 11.9. The van der Waals surface area contributed by atoms with Gasteiger partial charge in [0.05, 0.1) is 37.6 Å². The zero-order valence-corrected chi connectivity index (χ0v) is 37.4. The van der Waals surface area contributed by atoms with Crippen molar-refractivity contribution >= 4 is 41.5 Å². The van der Waals surface area contributed by atoms with Crippen LogP contribution in [0.5, 0.6) is 0 Å². The fourth-order valence-corrected chi connectivity index (χ4v) is 9.17. The fourth-order valence-electron chi connectivity index (χ4n) is 8.15. The van der Waals surface area contributed by atoms with Gasteiger partial charge < -0.3 is 42.6 Å². The van der Waals surface area contributed by atoms with Crippen LogP contribution in [-0.4, -0.2) is 114 Å². The van der Waals surface area contributed by atoms with Gasteiger partial charge in [-0.25, -0.2) is 0 Å². The zero-order valence-electron chi connectivity index (χ0n) is 36.6. The van der Waals surface area contributed by atoms with E-state index in [4.69, 9.17) is 42.6 Å². The number of ether oxygens (including phenoxy) is 9. The highest BCUT2D eigenvalue weighted by molar-refractivity contribution is 7.99. The number of hydrogen-bond acceptors (Lipinski definition) is 15. The van der Waals surface area contributed by atoms with E-state index in [1.807, 2.05) is 97.9 Å². The van der Waals surface area contributed by atoms with Crippen LogP contribution in [0.4, 0.5) is 0 Å². The number of imide groups is 1. The Hall–Kier alpha value is -5.46. The third-order valence-electron chi connectivity index (χ3n) is 11.0. The molecule has 0 spiro atoms. The molecule has 0 N–H and O–H groups in total. The summed E-state index contributed by atoms with van der Waals surface area (Å²) >= 11 is 1.39. The second-order valence-corrected chi connectivity index (χ2v) is 17.0. The zero-order chi connectivity index (χ0) is 45.9. The number of amides is 2. The monoisotopic (exact) mass is 911 g/mol. The summed E-state index contributed by atoms with van der Waals surface area (Å²) in [7, 11) is 0. The molecule has 0 bridgehead atoms. The van der Waals surface area contributed by atoms with Crippen LogP contribution in [0.2, 0.25) is 0 Å². The molecule has 3 aliphatic rings. The van der Waals surface area contributed by atoms with E-state index in [0.717, 1.165) is 16.7 Å². The van der Waals surface area contributed by atoms with Gasteiger partial charge in [-0.15, -0.1) is 11.8 Å². The summed E-state index contributed by atoms with van der Waals surface area (Å²) < 4.78 is 57.5. The molecule has 65 heavy (non-hydrogen) atoms. The van der Waals surface area contributed by atoms with Crippen molar-refractivity contribution in [2.75, 3.05) is 19.0 Å². The van der Waals surface area contributed by atoms with Gasteiger partial charge in [0.1, 0.15) is 48.6 Å². The lowest BCUT2D eigenvalue weighted by Crippen LogP contribution is -2.68. The summed E-state index contributed by atoms with van der Waals surface area (Å²) in [6.45, 7) is 5.32. The summed E-state index contributed by atoms with van der Waals surface area (Å²) in [6, 6.07) is 33.6. The molecular weight excluding hydrogens is 859 g/mol. The van der Waals surface area contributed by atoms with E-state index in [1.54, 1.807) is 24.3 Å².